The lowest BCUT2D eigenvalue weighted by Crippen LogP contribution is -2.38. The van der Waals surface area contributed by atoms with Crippen LogP contribution in [0.2, 0.25) is 5.02 Å². The second-order valence-corrected chi connectivity index (χ2v) is 5.63. The Balaban J connectivity index is 1.66. The van der Waals surface area contributed by atoms with Crippen LogP contribution in [0.5, 0.6) is 0 Å². The molecule has 1 aromatic heterocycles. The van der Waals surface area contributed by atoms with E-state index in [1.165, 1.54) is 0 Å². The lowest BCUT2D eigenvalue weighted by Gasteiger charge is -2.28. The molecule has 0 saturated heterocycles. The van der Waals surface area contributed by atoms with Crippen LogP contribution in [0.15, 0.2) is 30.3 Å². The van der Waals surface area contributed by atoms with Crippen LogP contribution in [0.3, 0.4) is 0 Å². The molecule has 1 amide bonds. The van der Waals surface area contributed by atoms with E-state index in [4.69, 9.17) is 11.6 Å². The maximum atomic E-state index is 12.2. The van der Waals surface area contributed by atoms with Crippen molar-refractivity contribution in [3.8, 4) is 0 Å². The number of aryl methyl sites for hydroxylation is 2. The molecule has 0 spiro atoms. The van der Waals surface area contributed by atoms with Gasteiger partial charge in [-0.15, -0.1) is 0 Å². The Hall–Kier alpha value is -2.01. The highest BCUT2D eigenvalue weighted by Crippen LogP contribution is 2.21. The number of nitrogens with one attached hydrogen (secondary N) is 1. The van der Waals surface area contributed by atoms with Gasteiger partial charge in [-0.05, 0) is 37.6 Å². The van der Waals surface area contributed by atoms with Gasteiger partial charge < -0.3 is 10.2 Å². The quantitative estimate of drug-likeness (QED) is 0.948. The predicted octanol–water partition coefficient (Wildman–Crippen LogP) is 2.69. The zero-order valence-electron chi connectivity index (χ0n) is 11.8. The summed E-state index contributed by atoms with van der Waals surface area (Å²) in [7, 11) is 0. The Morgan fingerprint density at radius 2 is 2.10 bits per heavy atom. The van der Waals surface area contributed by atoms with E-state index in [1.54, 1.807) is 24.3 Å². The number of fused-ring (bicyclic) bond motifs is 1. The number of rotatable bonds is 3. The molecule has 0 fully saturated rings. The first-order valence-corrected chi connectivity index (χ1v) is 7.34. The summed E-state index contributed by atoms with van der Waals surface area (Å²) < 4.78 is 1.97. The van der Waals surface area contributed by atoms with Crippen LogP contribution in [0.25, 0.3) is 0 Å². The summed E-state index contributed by atoms with van der Waals surface area (Å²) >= 11 is 5.83. The monoisotopic (exact) mass is 304 g/mol. The van der Waals surface area contributed by atoms with E-state index in [-0.39, 0.29) is 5.91 Å². The first-order chi connectivity index (χ1) is 10.1. The molecule has 0 saturated carbocycles. The summed E-state index contributed by atoms with van der Waals surface area (Å²) in [5, 5.41) is 7.97. The van der Waals surface area contributed by atoms with Gasteiger partial charge in [0.15, 0.2) is 0 Å². The molecule has 110 valence electrons. The molecule has 6 heteroatoms. The highest BCUT2D eigenvalue weighted by Gasteiger charge is 2.20. The molecule has 0 bridgehead atoms. The largest absolute Gasteiger partial charge is 0.347 e. The predicted molar refractivity (Wildman–Crippen MR) is 83.9 cm³/mol. The molecular formula is C15H17ClN4O. The summed E-state index contributed by atoms with van der Waals surface area (Å²) in [5.41, 5.74) is 1.74. The lowest BCUT2D eigenvalue weighted by atomic mass is 10.3. The van der Waals surface area contributed by atoms with Crippen molar-refractivity contribution in [1.82, 2.24) is 9.78 Å². The molecule has 1 aliphatic rings. The normalized spacial score (nSPS) is 13.9. The molecule has 2 aromatic rings. The zero-order chi connectivity index (χ0) is 14.8. The van der Waals surface area contributed by atoms with E-state index in [1.807, 2.05) is 17.7 Å². The minimum atomic E-state index is -0.0374. The van der Waals surface area contributed by atoms with Crippen molar-refractivity contribution in [3.05, 3.63) is 41.0 Å². The molecule has 3 rings (SSSR count). The third-order valence-electron chi connectivity index (χ3n) is 3.47. The molecule has 2 heterocycles. The average molecular weight is 305 g/mol. The van der Waals surface area contributed by atoms with E-state index < -0.39 is 0 Å². The number of carbonyl (C=O) groups excluding carboxylic acids is 1. The molecule has 0 aliphatic carbocycles. The number of benzene rings is 1. The summed E-state index contributed by atoms with van der Waals surface area (Å²) in [6.07, 6.45) is 1.00. The molecule has 21 heavy (non-hydrogen) atoms. The molecule has 0 atom stereocenters. The minimum absolute atomic E-state index is 0.0374. The van der Waals surface area contributed by atoms with E-state index >= 15 is 0 Å². The fraction of sp³-hybridized carbons (Fsp3) is 0.333. The molecule has 5 nitrogen and oxygen atoms in total. The van der Waals surface area contributed by atoms with Crippen molar-refractivity contribution < 1.29 is 4.79 Å². The van der Waals surface area contributed by atoms with Gasteiger partial charge in [-0.1, -0.05) is 11.6 Å². The smallest absolute Gasteiger partial charge is 0.243 e. The van der Waals surface area contributed by atoms with Gasteiger partial charge in [0.25, 0.3) is 0 Å². The Kier molecular flexibility index (Phi) is 3.84. The highest BCUT2D eigenvalue weighted by atomic mass is 35.5. The number of aromatic nitrogens is 2. The number of hydrogen-bond donors (Lipinski definition) is 1. The first-order valence-electron chi connectivity index (χ1n) is 6.96. The Labute approximate surface area is 128 Å². The van der Waals surface area contributed by atoms with E-state index in [0.717, 1.165) is 36.7 Å². The number of nitrogens with zero attached hydrogens (tertiary/aromatic N) is 3. The van der Waals surface area contributed by atoms with Gasteiger partial charge in [-0.2, -0.15) is 5.10 Å². The van der Waals surface area contributed by atoms with Crippen LogP contribution in [-0.2, 0) is 11.3 Å². The van der Waals surface area contributed by atoms with Crippen molar-refractivity contribution in [1.29, 1.82) is 0 Å². The Morgan fingerprint density at radius 3 is 2.86 bits per heavy atom. The highest BCUT2D eigenvalue weighted by molar-refractivity contribution is 6.30. The van der Waals surface area contributed by atoms with Gasteiger partial charge in [0.05, 0.1) is 12.2 Å². The van der Waals surface area contributed by atoms with E-state index in [0.29, 0.717) is 11.6 Å². The van der Waals surface area contributed by atoms with Gasteiger partial charge in [-0.25, -0.2) is 4.68 Å². The number of halogens is 1. The Bertz CT molecular complexity index is 650. The summed E-state index contributed by atoms with van der Waals surface area (Å²) in [5.74, 6) is 0.981. The molecule has 1 aliphatic heterocycles. The molecule has 1 N–H and O–H groups in total. The molecule has 0 radical (unpaired) electrons. The zero-order valence-corrected chi connectivity index (χ0v) is 12.6. The van der Waals surface area contributed by atoms with Gasteiger partial charge >= 0.3 is 0 Å². The van der Waals surface area contributed by atoms with Gasteiger partial charge in [0.2, 0.25) is 5.91 Å². The average Bonchev–Trinajstić information content (AvgIpc) is 2.83. The topological polar surface area (TPSA) is 50.2 Å². The van der Waals surface area contributed by atoms with E-state index in [2.05, 4.69) is 15.3 Å². The molecule has 0 unspecified atom stereocenters. The second kappa shape index (κ2) is 5.77. The number of anilines is 2. The van der Waals surface area contributed by atoms with Gasteiger partial charge in [0, 0.05) is 29.9 Å². The number of carbonyl (C=O) groups is 1. The van der Waals surface area contributed by atoms with Crippen LogP contribution >= 0.6 is 11.6 Å². The number of hydrogen-bond acceptors (Lipinski definition) is 3. The van der Waals surface area contributed by atoms with Crippen molar-refractivity contribution in [2.75, 3.05) is 23.3 Å². The standard InChI is InChI=1S/C15H17ClN4O/c1-11-9-15-19(7-2-8-20(15)18-11)10-14(21)17-13-5-3-12(16)4-6-13/h3-6,9H,2,7-8,10H2,1H3,(H,17,21). The second-order valence-electron chi connectivity index (χ2n) is 5.20. The summed E-state index contributed by atoms with van der Waals surface area (Å²) in [6.45, 7) is 4.09. The first kappa shape index (κ1) is 13.9. The van der Waals surface area contributed by atoms with Crippen molar-refractivity contribution in [2.24, 2.45) is 0 Å². The van der Waals surface area contributed by atoms with Crippen LogP contribution in [0.4, 0.5) is 11.5 Å². The van der Waals surface area contributed by atoms with Gasteiger partial charge in [0.1, 0.15) is 5.82 Å². The van der Waals surface area contributed by atoms with E-state index in [9.17, 15) is 4.79 Å². The molecule has 1 aromatic carbocycles. The number of amides is 1. The third-order valence-corrected chi connectivity index (χ3v) is 3.72. The minimum Gasteiger partial charge on any atom is -0.347 e. The summed E-state index contributed by atoms with van der Waals surface area (Å²) in [4.78, 5) is 14.2. The fourth-order valence-corrected chi connectivity index (χ4v) is 2.67. The lowest BCUT2D eigenvalue weighted by molar-refractivity contribution is -0.115. The maximum absolute atomic E-state index is 12.2. The SMILES string of the molecule is Cc1cc2n(n1)CCCN2CC(=O)Nc1ccc(Cl)cc1. The maximum Gasteiger partial charge on any atom is 0.243 e. The summed E-state index contributed by atoms with van der Waals surface area (Å²) in [6, 6.07) is 9.14. The third kappa shape index (κ3) is 3.19. The van der Waals surface area contributed by atoms with Crippen molar-refractivity contribution in [3.63, 3.8) is 0 Å². The Morgan fingerprint density at radius 1 is 1.33 bits per heavy atom. The van der Waals surface area contributed by atoms with Crippen LogP contribution in [0.1, 0.15) is 12.1 Å². The van der Waals surface area contributed by atoms with Crippen molar-refractivity contribution in [2.45, 2.75) is 19.9 Å². The van der Waals surface area contributed by atoms with Crippen LogP contribution < -0.4 is 10.2 Å². The van der Waals surface area contributed by atoms with Crippen LogP contribution in [-0.4, -0.2) is 28.8 Å². The molecular weight excluding hydrogens is 288 g/mol. The van der Waals surface area contributed by atoms with Crippen LogP contribution in [0, 0.1) is 6.92 Å². The van der Waals surface area contributed by atoms with Crippen molar-refractivity contribution >= 4 is 29.0 Å². The fourth-order valence-electron chi connectivity index (χ4n) is 2.54. The van der Waals surface area contributed by atoms with Gasteiger partial charge in [-0.3, -0.25) is 4.79 Å².